The fourth-order valence-electron chi connectivity index (χ4n) is 1.15. The molecule has 1 atom stereocenters. The standard InChI is InChI=1S/C13H15NO2/c1-2-16-13(15)10-12(14)9-8-11-6-4-3-5-7-11/h3-7,12H,2,10,14H2,1H3/t12-/m1/s1. The third-order valence-electron chi connectivity index (χ3n) is 1.87. The summed E-state index contributed by atoms with van der Waals surface area (Å²) in [5.41, 5.74) is 6.57. The smallest absolute Gasteiger partial charge is 0.308 e. The van der Waals surface area contributed by atoms with Gasteiger partial charge < -0.3 is 10.5 Å². The van der Waals surface area contributed by atoms with E-state index in [4.69, 9.17) is 10.5 Å². The van der Waals surface area contributed by atoms with Gasteiger partial charge in [0.15, 0.2) is 0 Å². The van der Waals surface area contributed by atoms with Crippen LogP contribution in [0.5, 0.6) is 0 Å². The van der Waals surface area contributed by atoms with Crippen LogP contribution in [0.3, 0.4) is 0 Å². The van der Waals surface area contributed by atoms with Gasteiger partial charge in [0, 0.05) is 5.56 Å². The van der Waals surface area contributed by atoms with Gasteiger partial charge in [-0.1, -0.05) is 30.0 Å². The van der Waals surface area contributed by atoms with Crippen LogP contribution in [0.4, 0.5) is 0 Å². The van der Waals surface area contributed by atoms with Crippen molar-refractivity contribution in [1.29, 1.82) is 0 Å². The molecular weight excluding hydrogens is 202 g/mol. The van der Waals surface area contributed by atoms with Gasteiger partial charge in [0.2, 0.25) is 0 Å². The van der Waals surface area contributed by atoms with Crippen molar-refractivity contribution in [3.63, 3.8) is 0 Å². The Morgan fingerprint density at radius 3 is 2.75 bits per heavy atom. The number of nitrogens with two attached hydrogens (primary N) is 1. The molecule has 0 saturated carbocycles. The van der Waals surface area contributed by atoms with E-state index in [1.807, 2.05) is 30.3 Å². The number of esters is 1. The van der Waals surface area contributed by atoms with Gasteiger partial charge in [0.05, 0.1) is 19.1 Å². The quantitative estimate of drug-likeness (QED) is 0.613. The van der Waals surface area contributed by atoms with Crippen molar-refractivity contribution in [3.05, 3.63) is 35.9 Å². The van der Waals surface area contributed by atoms with E-state index >= 15 is 0 Å². The minimum atomic E-state index is -0.473. The summed E-state index contributed by atoms with van der Waals surface area (Å²) in [5.74, 6) is 5.42. The normalized spacial score (nSPS) is 11.1. The Hall–Kier alpha value is -1.79. The Bertz CT molecular complexity index is 389. The van der Waals surface area contributed by atoms with E-state index in [0.717, 1.165) is 5.56 Å². The van der Waals surface area contributed by atoms with Crippen LogP contribution in [0.1, 0.15) is 18.9 Å². The molecule has 0 fully saturated rings. The van der Waals surface area contributed by atoms with Gasteiger partial charge >= 0.3 is 5.97 Å². The minimum Gasteiger partial charge on any atom is -0.466 e. The highest BCUT2D eigenvalue weighted by atomic mass is 16.5. The third-order valence-corrected chi connectivity index (χ3v) is 1.87. The van der Waals surface area contributed by atoms with E-state index in [-0.39, 0.29) is 12.4 Å². The second-order valence-corrected chi connectivity index (χ2v) is 3.25. The predicted octanol–water partition coefficient (Wildman–Crippen LogP) is 1.32. The number of ether oxygens (including phenoxy) is 1. The van der Waals surface area contributed by atoms with E-state index in [1.165, 1.54) is 0 Å². The predicted molar refractivity (Wildman–Crippen MR) is 62.5 cm³/mol. The zero-order valence-corrected chi connectivity index (χ0v) is 9.27. The Morgan fingerprint density at radius 2 is 2.12 bits per heavy atom. The summed E-state index contributed by atoms with van der Waals surface area (Å²) in [6.45, 7) is 2.14. The number of carbonyl (C=O) groups excluding carboxylic acids is 1. The van der Waals surface area contributed by atoms with Crippen LogP contribution in [0, 0.1) is 11.8 Å². The van der Waals surface area contributed by atoms with E-state index in [2.05, 4.69) is 11.8 Å². The molecule has 1 aromatic carbocycles. The van der Waals surface area contributed by atoms with Gasteiger partial charge in [0.25, 0.3) is 0 Å². The van der Waals surface area contributed by atoms with Crippen LogP contribution in [0.25, 0.3) is 0 Å². The fourth-order valence-corrected chi connectivity index (χ4v) is 1.15. The van der Waals surface area contributed by atoms with E-state index in [0.29, 0.717) is 6.61 Å². The van der Waals surface area contributed by atoms with Crippen molar-refractivity contribution in [2.45, 2.75) is 19.4 Å². The lowest BCUT2D eigenvalue weighted by atomic mass is 10.2. The first-order chi connectivity index (χ1) is 7.72. The van der Waals surface area contributed by atoms with Crippen molar-refractivity contribution >= 4 is 5.97 Å². The van der Waals surface area contributed by atoms with Crippen LogP contribution in [-0.2, 0) is 9.53 Å². The molecule has 0 heterocycles. The Balaban J connectivity index is 2.49. The third kappa shape index (κ3) is 4.63. The summed E-state index contributed by atoms with van der Waals surface area (Å²) in [6, 6.07) is 9.04. The lowest BCUT2D eigenvalue weighted by Gasteiger charge is -2.03. The Kier molecular flexibility index (Phi) is 5.10. The van der Waals surface area contributed by atoms with E-state index in [1.54, 1.807) is 6.92 Å². The van der Waals surface area contributed by atoms with E-state index in [9.17, 15) is 4.79 Å². The molecule has 0 radical (unpaired) electrons. The molecule has 3 heteroatoms. The summed E-state index contributed by atoms with van der Waals surface area (Å²) in [6.07, 6.45) is 0.133. The molecule has 0 bridgehead atoms. The zero-order valence-electron chi connectivity index (χ0n) is 9.27. The molecule has 0 unspecified atom stereocenters. The summed E-state index contributed by atoms with van der Waals surface area (Å²) in [4.78, 5) is 11.1. The van der Waals surface area contributed by atoms with Gasteiger partial charge in [0.1, 0.15) is 0 Å². The highest BCUT2D eigenvalue weighted by Gasteiger charge is 2.06. The van der Waals surface area contributed by atoms with Crippen molar-refractivity contribution in [1.82, 2.24) is 0 Å². The second kappa shape index (κ2) is 6.65. The molecule has 1 rings (SSSR count). The van der Waals surface area contributed by atoms with Gasteiger partial charge in [-0.05, 0) is 19.1 Å². The molecule has 0 aliphatic rings. The number of rotatable bonds is 3. The molecule has 0 aliphatic heterocycles. The SMILES string of the molecule is CCOC(=O)C[C@H](N)C#Cc1ccccc1. The average molecular weight is 217 g/mol. The van der Waals surface area contributed by atoms with Crippen LogP contribution < -0.4 is 5.73 Å². The number of benzene rings is 1. The maximum atomic E-state index is 11.1. The minimum absolute atomic E-state index is 0.133. The molecule has 1 aromatic rings. The molecule has 0 spiro atoms. The Labute approximate surface area is 95.6 Å². The monoisotopic (exact) mass is 217 g/mol. The summed E-state index contributed by atoms with van der Waals surface area (Å²) in [5, 5.41) is 0. The molecule has 0 saturated heterocycles. The van der Waals surface area contributed by atoms with Crippen molar-refractivity contribution in [3.8, 4) is 11.8 Å². The van der Waals surface area contributed by atoms with Gasteiger partial charge in [-0.3, -0.25) is 4.79 Å². The zero-order chi connectivity index (χ0) is 11.8. The molecule has 3 nitrogen and oxygen atoms in total. The lowest BCUT2D eigenvalue weighted by molar-refractivity contribution is -0.143. The van der Waals surface area contributed by atoms with E-state index < -0.39 is 6.04 Å². The van der Waals surface area contributed by atoms with Crippen molar-refractivity contribution in [2.75, 3.05) is 6.61 Å². The maximum Gasteiger partial charge on any atom is 0.308 e. The highest BCUT2D eigenvalue weighted by molar-refractivity contribution is 5.70. The topological polar surface area (TPSA) is 52.3 Å². The van der Waals surface area contributed by atoms with Crippen LogP contribution in [-0.4, -0.2) is 18.6 Å². The molecule has 84 valence electrons. The number of hydrogen-bond donors (Lipinski definition) is 1. The summed E-state index contributed by atoms with van der Waals surface area (Å²) in [7, 11) is 0. The molecule has 0 aromatic heterocycles. The van der Waals surface area contributed by atoms with Gasteiger partial charge in [-0.25, -0.2) is 0 Å². The van der Waals surface area contributed by atoms with Gasteiger partial charge in [-0.2, -0.15) is 0 Å². The Morgan fingerprint density at radius 1 is 1.44 bits per heavy atom. The fraction of sp³-hybridized carbons (Fsp3) is 0.308. The van der Waals surface area contributed by atoms with Crippen molar-refractivity contribution < 1.29 is 9.53 Å². The summed E-state index contributed by atoms with van der Waals surface area (Å²) < 4.78 is 4.78. The highest BCUT2D eigenvalue weighted by Crippen LogP contribution is 1.96. The first kappa shape index (κ1) is 12.3. The van der Waals surface area contributed by atoms with Crippen molar-refractivity contribution in [2.24, 2.45) is 5.73 Å². The largest absolute Gasteiger partial charge is 0.466 e. The van der Waals surface area contributed by atoms with Crippen LogP contribution in [0.2, 0.25) is 0 Å². The van der Waals surface area contributed by atoms with Gasteiger partial charge in [-0.15, -0.1) is 0 Å². The molecule has 16 heavy (non-hydrogen) atoms. The molecule has 2 N–H and O–H groups in total. The molecular formula is C13H15NO2. The molecule has 0 amide bonds. The first-order valence-corrected chi connectivity index (χ1v) is 5.20. The number of hydrogen-bond acceptors (Lipinski definition) is 3. The average Bonchev–Trinajstić information content (AvgIpc) is 2.28. The van der Waals surface area contributed by atoms with Crippen LogP contribution >= 0.6 is 0 Å². The maximum absolute atomic E-state index is 11.1. The van der Waals surface area contributed by atoms with Crippen LogP contribution in [0.15, 0.2) is 30.3 Å². The molecule has 0 aliphatic carbocycles. The second-order valence-electron chi connectivity index (χ2n) is 3.25. The lowest BCUT2D eigenvalue weighted by Crippen LogP contribution is -2.23. The first-order valence-electron chi connectivity index (χ1n) is 5.20. The number of carbonyl (C=O) groups is 1. The summed E-state index contributed by atoms with van der Waals surface area (Å²) >= 11 is 0.